The zero-order valence-electron chi connectivity index (χ0n) is 12.7. The maximum absolute atomic E-state index is 12.5. The summed E-state index contributed by atoms with van der Waals surface area (Å²) < 4.78 is 9.13. The lowest BCUT2D eigenvalue weighted by molar-refractivity contribution is 0.0603. The van der Waals surface area contributed by atoms with Crippen molar-refractivity contribution in [3.8, 4) is 0 Å². The summed E-state index contributed by atoms with van der Waals surface area (Å²) in [5.41, 5.74) is 1.06. The third-order valence-electron chi connectivity index (χ3n) is 4.16. The molecule has 1 aliphatic rings. The third kappa shape index (κ3) is 2.32. The molecule has 0 aromatic carbocycles. The molecular formula is C15H16N6O2. The highest BCUT2D eigenvalue weighted by atomic mass is 16.3. The van der Waals surface area contributed by atoms with Crippen LogP contribution in [0, 0.1) is 0 Å². The van der Waals surface area contributed by atoms with Crippen molar-refractivity contribution in [1.29, 1.82) is 0 Å². The summed E-state index contributed by atoms with van der Waals surface area (Å²) >= 11 is 0. The SMILES string of the molecule is C[C@H]1c2ncc(Cn3cncn3)n2CCN1C(=O)c1ccco1. The van der Waals surface area contributed by atoms with Crippen molar-refractivity contribution in [3.05, 3.63) is 54.5 Å². The average molecular weight is 312 g/mol. The highest BCUT2D eigenvalue weighted by Crippen LogP contribution is 2.27. The topological polar surface area (TPSA) is 82.0 Å². The smallest absolute Gasteiger partial charge is 0.290 e. The standard InChI is InChI=1S/C15H16N6O2/c1-11-14-17-7-12(8-19-10-16-9-18-19)21(14)5-4-20(11)15(22)13-3-2-6-23-13/h2-3,6-7,9-11H,4-5,8H2,1H3/t11-/m0/s1. The van der Waals surface area contributed by atoms with Crippen LogP contribution in [0.3, 0.4) is 0 Å². The van der Waals surface area contributed by atoms with Crippen molar-refractivity contribution in [2.24, 2.45) is 0 Å². The van der Waals surface area contributed by atoms with Crippen LogP contribution in [0.25, 0.3) is 0 Å². The first-order valence-electron chi connectivity index (χ1n) is 7.45. The van der Waals surface area contributed by atoms with Gasteiger partial charge in [-0.3, -0.25) is 4.79 Å². The number of rotatable bonds is 3. The van der Waals surface area contributed by atoms with Crippen molar-refractivity contribution < 1.29 is 9.21 Å². The predicted molar refractivity (Wildman–Crippen MR) is 79.5 cm³/mol. The number of amides is 1. The molecule has 3 aromatic rings. The van der Waals surface area contributed by atoms with E-state index in [1.54, 1.807) is 28.0 Å². The van der Waals surface area contributed by atoms with Crippen molar-refractivity contribution in [2.45, 2.75) is 26.1 Å². The number of hydrogen-bond acceptors (Lipinski definition) is 5. The minimum Gasteiger partial charge on any atom is -0.459 e. The molecule has 4 heterocycles. The van der Waals surface area contributed by atoms with Crippen molar-refractivity contribution in [1.82, 2.24) is 29.2 Å². The van der Waals surface area contributed by atoms with Crippen LogP contribution >= 0.6 is 0 Å². The van der Waals surface area contributed by atoms with Crippen LogP contribution in [-0.2, 0) is 13.1 Å². The van der Waals surface area contributed by atoms with Crippen LogP contribution in [0.1, 0.15) is 35.0 Å². The monoisotopic (exact) mass is 312 g/mol. The van der Waals surface area contributed by atoms with Gasteiger partial charge in [0.25, 0.3) is 5.91 Å². The average Bonchev–Trinajstić information content (AvgIpc) is 3.30. The van der Waals surface area contributed by atoms with Crippen molar-refractivity contribution in [2.75, 3.05) is 6.54 Å². The molecule has 0 bridgehead atoms. The number of aromatic nitrogens is 5. The molecule has 0 fully saturated rings. The lowest BCUT2D eigenvalue weighted by Gasteiger charge is -2.33. The normalized spacial score (nSPS) is 17.3. The molecule has 118 valence electrons. The number of fused-ring (bicyclic) bond motifs is 1. The Morgan fingerprint density at radius 1 is 1.43 bits per heavy atom. The Morgan fingerprint density at radius 3 is 3.09 bits per heavy atom. The molecule has 3 aromatic heterocycles. The molecule has 1 amide bonds. The van der Waals surface area contributed by atoms with Gasteiger partial charge in [0.1, 0.15) is 18.5 Å². The van der Waals surface area contributed by atoms with Crippen molar-refractivity contribution >= 4 is 5.91 Å². The van der Waals surface area contributed by atoms with Crippen LogP contribution in [0.2, 0.25) is 0 Å². The number of furan rings is 1. The molecule has 8 heteroatoms. The predicted octanol–water partition coefficient (Wildman–Crippen LogP) is 1.33. The molecule has 23 heavy (non-hydrogen) atoms. The summed E-state index contributed by atoms with van der Waals surface area (Å²) in [7, 11) is 0. The van der Waals surface area contributed by atoms with Gasteiger partial charge in [-0.25, -0.2) is 14.6 Å². The second kappa shape index (κ2) is 5.38. The maximum atomic E-state index is 12.5. The van der Waals surface area contributed by atoms with E-state index >= 15 is 0 Å². The fraction of sp³-hybridized carbons (Fsp3) is 0.333. The van der Waals surface area contributed by atoms with Gasteiger partial charge in [0.2, 0.25) is 0 Å². The van der Waals surface area contributed by atoms with Crippen LogP contribution < -0.4 is 0 Å². The fourth-order valence-electron chi connectivity index (χ4n) is 2.99. The minimum absolute atomic E-state index is 0.102. The van der Waals surface area contributed by atoms with Crippen LogP contribution in [0.15, 0.2) is 41.7 Å². The van der Waals surface area contributed by atoms with Gasteiger partial charge in [0.05, 0.1) is 30.7 Å². The zero-order valence-corrected chi connectivity index (χ0v) is 12.7. The van der Waals surface area contributed by atoms with Crippen LogP contribution in [-0.4, -0.2) is 41.7 Å². The summed E-state index contributed by atoms with van der Waals surface area (Å²) in [5, 5.41) is 4.12. The van der Waals surface area contributed by atoms with E-state index in [2.05, 4.69) is 19.6 Å². The van der Waals surface area contributed by atoms with E-state index in [9.17, 15) is 4.79 Å². The third-order valence-corrected chi connectivity index (χ3v) is 4.16. The number of hydrogen-bond donors (Lipinski definition) is 0. The molecule has 1 atom stereocenters. The van der Waals surface area contributed by atoms with Crippen LogP contribution in [0.4, 0.5) is 0 Å². The van der Waals surface area contributed by atoms with E-state index in [4.69, 9.17) is 4.42 Å². The summed E-state index contributed by atoms with van der Waals surface area (Å²) in [6, 6.07) is 3.30. The first-order chi connectivity index (χ1) is 11.2. The molecule has 1 aliphatic heterocycles. The number of imidazole rings is 1. The Balaban J connectivity index is 1.59. The molecule has 0 spiro atoms. The van der Waals surface area contributed by atoms with E-state index in [0.717, 1.165) is 11.5 Å². The fourth-order valence-corrected chi connectivity index (χ4v) is 2.99. The molecule has 0 unspecified atom stereocenters. The molecule has 4 rings (SSSR count). The summed E-state index contributed by atoms with van der Waals surface area (Å²) in [5.74, 6) is 1.14. The Hall–Kier alpha value is -2.90. The van der Waals surface area contributed by atoms with Gasteiger partial charge < -0.3 is 13.9 Å². The van der Waals surface area contributed by atoms with Gasteiger partial charge >= 0.3 is 0 Å². The minimum atomic E-state index is -0.106. The first kappa shape index (κ1) is 13.7. The second-order valence-corrected chi connectivity index (χ2v) is 5.50. The van der Waals surface area contributed by atoms with E-state index in [1.807, 2.05) is 13.1 Å². The summed E-state index contributed by atoms with van der Waals surface area (Å²) in [4.78, 5) is 22.8. The Bertz CT molecular complexity index is 805. The van der Waals surface area contributed by atoms with Gasteiger partial charge in [0.15, 0.2) is 5.76 Å². The number of nitrogens with zero attached hydrogens (tertiary/aromatic N) is 6. The zero-order chi connectivity index (χ0) is 15.8. The largest absolute Gasteiger partial charge is 0.459 e. The Labute approximate surface area is 132 Å². The van der Waals surface area contributed by atoms with Gasteiger partial charge in [-0.1, -0.05) is 0 Å². The number of carbonyl (C=O) groups is 1. The Kier molecular flexibility index (Phi) is 3.22. The van der Waals surface area contributed by atoms with Gasteiger partial charge in [0, 0.05) is 13.1 Å². The van der Waals surface area contributed by atoms with E-state index in [1.165, 1.54) is 12.6 Å². The van der Waals surface area contributed by atoms with E-state index < -0.39 is 0 Å². The second-order valence-electron chi connectivity index (χ2n) is 5.50. The van der Waals surface area contributed by atoms with Crippen molar-refractivity contribution in [3.63, 3.8) is 0 Å². The lowest BCUT2D eigenvalue weighted by atomic mass is 10.2. The van der Waals surface area contributed by atoms with E-state index in [0.29, 0.717) is 25.4 Å². The molecule has 0 aliphatic carbocycles. The van der Waals surface area contributed by atoms with Crippen LogP contribution in [0.5, 0.6) is 0 Å². The quantitative estimate of drug-likeness (QED) is 0.729. The molecule has 8 nitrogen and oxygen atoms in total. The molecule has 0 radical (unpaired) electrons. The summed E-state index contributed by atoms with van der Waals surface area (Å²) in [6.07, 6.45) is 6.55. The van der Waals surface area contributed by atoms with Gasteiger partial charge in [-0.05, 0) is 19.1 Å². The maximum Gasteiger partial charge on any atom is 0.290 e. The Morgan fingerprint density at radius 2 is 2.35 bits per heavy atom. The van der Waals surface area contributed by atoms with Gasteiger partial charge in [-0.15, -0.1) is 0 Å². The first-order valence-corrected chi connectivity index (χ1v) is 7.45. The highest BCUT2D eigenvalue weighted by Gasteiger charge is 2.31. The number of carbonyl (C=O) groups excluding carboxylic acids is 1. The van der Waals surface area contributed by atoms with E-state index in [-0.39, 0.29) is 11.9 Å². The lowest BCUT2D eigenvalue weighted by Crippen LogP contribution is -2.41. The highest BCUT2D eigenvalue weighted by molar-refractivity contribution is 5.91. The molecular weight excluding hydrogens is 296 g/mol. The molecule has 0 saturated carbocycles. The molecule has 0 saturated heterocycles. The summed E-state index contributed by atoms with van der Waals surface area (Å²) in [6.45, 7) is 3.93. The van der Waals surface area contributed by atoms with Gasteiger partial charge in [-0.2, -0.15) is 5.10 Å². The molecule has 0 N–H and O–H groups in total.